The highest BCUT2D eigenvalue weighted by atomic mass is 16.6. The first-order chi connectivity index (χ1) is 12.6. The number of aromatic nitrogens is 1. The predicted molar refractivity (Wildman–Crippen MR) is 98.9 cm³/mol. The van der Waals surface area contributed by atoms with Crippen LogP contribution in [0.4, 0.5) is 0 Å². The highest BCUT2D eigenvalue weighted by Gasteiger charge is 2.35. The lowest BCUT2D eigenvalue weighted by Gasteiger charge is -2.38. The Hall–Kier alpha value is -3.28. The van der Waals surface area contributed by atoms with Crippen LogP contribution in [-0.2, 0) is 0 Å². The molecular weight excluding hydrogens is 328 g/mol. The van der Waals surface area contributed by atoms with Crippen molar-refractivity contribution in [2.24, 2.45) is 4.99 Å². The number of nitrogens with zero attached hydrogens (tertiary/aromatic N) is 4. The molecule has 3 heterocycles. The number of pyridine rings is 1. The summed E-state index contributed by atoms with van der Waals surface area (Å²) in [5.74, 6) is 0.740. The maximum absolute atomic E-state index is 11.4. The summed E-state index contributed by atoms with van der Waals surface area (Å²) in [5.41, 5.74) is 2.74. The van der Waals surface area contributed by atoms with Crippen molar-refractivity contribution in [1.29, 1.82) is 0 Å². The van der Waals surface area contributed by atoms with Crippen LogP contribution in [0.15, 0.2) is 83.3 Å². The zero-order valence-corrected chi connectivity index (χ0v) is 14.3. The van der Waals surface area contributed by atoms with E-state index in [2.05, 4.69) is 4.98 Å². The molecule has 0 amide bonds. The van der Waals surface area contributed by atoms with E-state index in [9.17, 15) is 10.1 Å². The minimum Gasteiger partial charge on any atom is -0.319 e. The van der Waals surface area contributed by atoms with Gasteiger partial charge in [0.05, 0.1) is 28.9 Å². The van der Waals surface area contributed by atoms with E-state index in [0.717, 1.165) is 17.1 Å². The molecule has 0 saturated heterocycles. The molecule has 2 atom stereocenters. The van der Waals surface area contributed by atoms with Gasteiger partial charge in [0.25, 0.3) is 5.70 Å². The molecule has 0 saturated carbocycles. The van der Waals surface area contributed by atoms with Gasteiger partial charge in [-0.15, -0.1) is 0 Å². The van der Waals surface area contributed by atoms with Crippen LogP contribution in [0.1, 0.15) is 36.7 Å². The quantitative estimate of drug-likeness (QED) is 0.621. The fourth-order valence-electron chi connectivity index (χ4n) is 3.46. The van der Waals surface area contributed by atoms with Crippen LogP contribution in [0.3, 0.4) is 0 Å². The summed E-state index contributed by atoms with van der Waals surface area (Å²) in [5, 5.41) is 11.4. The average molecular weight is 346 g/mol. The second-order valence-corrected chi connectivity index (χ2v) is 6.43. The summed E-state index contributed by atoms with van der Waals surface area (Å²) in [6.45, 7) is 1.75. The van der Waals surface area contributed by atoms with Gasteiger partial charge >= 0.3 is 0 Å². The van der Waals surface area contributed by atoms with E-state index in [-0.39, 0.29) is 22.7 Å². The molecule has 4 rings (SSSR count). The summed E-state index contributed by atoms with van der Waals surface area (Å²) < 4.78 is 0. The Balaban J connectivity index is 1.81. The molecule has 1 aromatic heterocycles. The van der Waals surface area contributed by atoms with Crippen molar-refractivity contribution < 1.29 is 4.92 Å². The van der Waals surface area contributed by atoms with Gasteiger partial charge in [0, 0.05) is 18.2 Å². The summed E-state index contributed by atoms with van der Waals surface area (Å²) >= 11 is 0. The summed E-state index contributed by atoms with van der Waals surface area (Å²) in [6, 6.07) is 15.7. The number of hydrogen-bond acceptors (Lipinski definition) is 5. The highest BCUT2D eigenvalue weighted by Crippen LogP contribution is 2.40. The Labute approximate surface area is 151 Å². The van der Waals surface area contributed by atoms with E-state index in [0.29, 0.717) is 12.0 Å². The SMILES string of the molecule is CC1=CC2=NC(c3ccccn3)CC(c3ccccc3)N2C=C1[N+](=O)[O-]. The topological polar surface area (TPSA) is 71.6 Å². The van der Waals surface area contributed by atoms with Gasteiger partial charge in [0.1, 0.15) is 5.84 Å². The molecule has 6 heteroatoms. The van der Waals surface area contributed by atoms with E-state index in [1.54, 1.807) is 25.4 Å². The molecule has 0 radical (unpaired) electrons. The van der Waals surface area contributed by atoms with Crippen LogP contribution in [0.5, 0.6) is 0 Å². The first kappa shape index (κ1) is 16.2. The van der Waals surface area contributed by atoms with Gasteiger partial charge in [-0.2, -0.15) is 0 Å². The zero-order chi connectivity index (χ0) is 18.1. The molecule has 130 valence electrons. The molecule has 0 fully saturated rings. The van der Waals surface area contributed by atoms with Gasteiger partial charge in [-0.1, -0.05) is 36.4 Å². The van der Waals surface area contributed by atoms with Gasteiger partial charge in [0.15, 0.2) is 0 Å². The summed E-state index contributed by atoms with van der Waals surface area (Å²) in [6.07, 6.45) is 5.88. The van der Waals surface area contributed by atoms with Crippen molar-refractivity contribution in [2.45, 2.75) is 25.4 Å². The number of rotatable bonds is 3. The fraction of sp³-hybridized carbons (Fsp3) is 0.200. The van der Waals surface area contributed by atoms with Gasteiger partial charge < -0.3 is 4.90 Å². The van der Waals surface area contributed by atoms with Gasteiger partial charge in [-0.25, -0.2) is 0 Å². The van der Waals surface area contributed by atoms with Crippen LogP contribution >= 0.6 is 0 Å². The van der Waals surface area contributed by atoms with E-state index in [1.807, 2.05) is 53.4 Å². The summed E-state index contributed by atoms with van der Waals surface area (Å²) in [7, 11) is 0. The lowest BCUT2D eigenvalue weighted by Crippen LogP contribution is -2.37. The average Bonchev–Trinajstić information content (AvgIpc) is 2.67. The lowest BCUT2D eigenvalue weighted by molar-refractivity contribution is -0.421. The van der Waals surface area contributed by atoms with Crippen molar-refractivity contribution in [3.05, 3.63) is 99.6 Å². The largest absolute Gasteiger partial charge is 0.319 e. The molecule has 0 aliphatic carbocycles. The first-order valence-electron chi connectivity index (χ1n) is 8.50. The summed E-state index contributed by atoms with van der Waals surface area (Å²) in [4.78, 5) is 22.3. The Morgan fingerprint density at radius 3 is 2.62 bits per heavy atom. The Morgan fingerprint density at radius 2 is 1.92 bits per heavy atom. The minimum atomic E-state index is -0.338. The molecular formula is C20H18N4O2. The Kier molecular flexibility index (Phi) is 4.08. The highest BCUT2D eigenvalue weighted by molar-refractivity contribution is 5.97. The van der Waals surface area contributed by atoms with Crippen LogP contribution in [-0.4, -0.2) is 20.6 Å². The Morgan fingerprint density at radius 1 is 1.15 bits per heavy atom. The second-order valence-electron chi connectivity index (χ2n) is 6.43. The molecule has 2 aliphatic rings. The molecule has 6 nitrogen and oxygen atoms in total. The number of fused-ring (bicyclic) bond motifs is 1. The molecule has 26 heavy (non-hydrogen) atoms. The second kappa shape index (κ2) is 6.55. The van der Waals surface area contributed by atoms with Gasteiger partial charge in [-0.3, -0.25) is 20.1 Å². The standard InChI is InChI=1S/C20H18N4O2/c1-14-11-20-22-17(16-9-5-6-10-21-16)12-18(15-7-3-2-4-8-15)23(20)13-19(14)24(25)26/h2-11,13,17-18H,12H2,1H3. The number of aliphatic imine (C=N–C) groups is 1. The monoisotopic (exact) mass is 346 g/mol. The number of amidine groups is 1. The molecule has 0 N–H and O–H groups in total. The van der Waals surface area contributed by atoms with Crippen molar-refractivity contribution in [3.8, 4) is 0 Å². The number of nitro groups is 1. The predicted octanol–water partition coefficient (Wildman–Crippen LogP) is 4.05. The minimum absolute atomic E-state index is 0.0324. The van der Waals surface area contributed by atoms with E-state index >= 15 is 0 Å². The molecule has 2 unspecified atom stereocenters. The van der Waals surface area contributed by atoms with Crippen molar-refractivity contribution >= 4 is 5.84 Å². The van der Waals surface area contributed by atoms with Crippen LogP contribution in [0.2, 0.25) is 0 Å². The van der Waals surface area contributed by atoms with Gasteiger partial charge in [0.2, 0.25) is 0 Å². The van der Waals surface area contributed by atoms with E-state index in [4.69, 9.17) is 4.99 Å². The molecule has 2 aliphatic heterocycles. The number of benzene rings is 1. The van der Waals surface area contributed by atoms with Crippen molar-refractivity contribution in [1.82, 2.24) is 9.88 Å². The third-order valence-corrected chi connectivity index (χ3v) is 4.76. The maximum Gasteiger partial charge on any atom is 0.288 e. The van der Waals surface area contributed by atoms with Crippen LogP contribution in [0, 0.1) is 10.1 Å². The normalized spacial score (nSPS) is 22.0. The van der Waals surface area contributed by atoms with E-state index < -0.39 is 0 Å². The third kappa shape index (κ3) is 2.90. The van der Waals surface area contributed by atoms with Gasteiger partial charge in [-0.05, 0) is 30.7 Å². The molecule has 2 aromatic rings. The zero-order valence-electron chi connectivity index (χ0n) is 14.3. The fourth-order valence-corrected chi connectivity index (χ4v) is 3.46. The van der Waals surface area contributed by atoms with Crippen molar-refractivity contribution in [2.75, 3.05) is 0 Å². The lowest BCUT2D eigenvalue weighted by atomic mass is 9.92. The van der Waals surface area contributed by atoms with Crippen LogP contribution < -0.4 is 0 Å². The molecule has 0 bridgehead atoms. The molecule has 0 spiro atoms. The maximum atomic E-state index is 11.4. The molecule has 1 aromatic carbocycles. The smallest absolute Gasteiger partial charge is 0.288 e. The number of hydrogen-bond donors (Lipinski definition) is 0. The van der Waals surface area contributed by atoms with E-state index in [1.165, 1.54) is 0 Å². The first-order valence-corrected chi connectivity index (χ1v) is 8.50. The van der Waals surface area contributed by atoms with Crippen molar-refractivity contribution in [3.63, 3.8) is 0 Å². The Bertz CT molecular complexity index is 919. The van der Waals surface area contributed by atoms with Crippen LogP contribution in [0.25, 0.3) is 0 Å². The third-order valence-electron chi connectivity index (χ3n) is 4.76. The number of allylic oxidation sites excluding steroid dienone is 1.